The van der Waals surface area contributed by atoms with Crippen LogP contribution in [0.3, 0.4) is 0 Å². The van der Waals surface area contributed by atoms with Crippen molar-refractivity contribution in [2.75, 3.05) is 20.1 Å². The van der Waals surface area contributed by atoms with Gasteiger partial charge in [-0.2, -0.15) is 0 Å². The highest BCUT2D eigenvalue weighted by Gasteiger charge is 2.29. The predicted molar refractivity (Wildman–Crippen MR) is 70.8 cm³/mol. The lowest BCUT2D eigenvalue weighted by molar-refractivity contribution is 0.0736. The summed E-state index contributed by atoms with van der Waals surface area (Å²) in [7, 11) is 1.91. The molecule has 1 unspecified atom stereocenters. The van der Waals surface area contributed by atoms with Crippen molar-refractivity contribution in [2.45, 2.75) is 25.8 Å². The van der Waals surface area contributed by atoms with Crippen molar-refractivity contribution in [3.05, 3.63) is 29.3 Å². The monoisotopic (exact) mass is 248 g/mol. The first-order chi connectivity index (χ1) is 8.63. The molecule has 4 nitrogen and oxygen atoms in total. The molecule has 0 aromatic heterocycles. The van der Waals surface area contributed by atoms with Crippen LogP contribution in [0.25, 0.3) is 0 Å². The van der Waals surface area contributed by atoms with Crippen LogP contribution in [-0.2, 0) is 0 Å². The second kappa shape index (κ2) is 5.40. The van der Waals surface area contributed by atoms with Gasteiger partial charge in [0.15, 0.2) is 0 Å². The Bertz CT molecular complexity index is 445. The Kier molecular flexibility index (Phi) is 3.87. The molecule has 18 heavy (non-hydrogen) atoms. The third kappa shape index (κ3) is 2.48. The lowest BCUT2D eigenvalue weighted by atomic mass is 10.1. The van der Waals surface area contributed by atoms with Crippen molar-refractivity contribution < 1.29 is 9.90 Å². The highest BCUT2D eigenvalue weighted by molar-refractivity contribution is 5.96. The summed E-state index contributed by atoms with van der Waals surface area (Å²) in [4.78, 5) is 14.4. The van der Waals surface area contributed by atoms with Crippen molar-refractivity contribution in [1.29, 1.82) is 0 Å². The number of nitrogens with one attached hydrogen (secondary N) is 1. The van der Waals surface area contributed by atoms with Crippen LogP contribution < -0.4 is 5.32 Å². The minimum atomic E-state index is 0.0743. The fourth-order valence-electron chi connectivity index (χ4n) is 2.59. The molecular weight excluding hydrogens is 228 g/mol. The number of amides is 1. The summed E-state index contributed by atoms with van der Waals surface area (Å²) < 4.78 is 0. The Labute approximate surface area is 108 Å². The zero-order valence-corrected chi connectivity index (χ0v) is 10.9. The summed E-state index contributed by atoms with van der Waals surface area (Å²) in [6.07, 6.45) is 2.12. The molecule has 1 aliphatic heterocycles. The zero-order valence-electron chi connectivity index (χ0n) is 10.9. The summed E-state index contributed by atoms with van der Waals surface area (Å²) in [5.74, 6) is 0.280. The Morgan fingerprint density at radius 3 is 3.00 bits per heavy atom. The fourth-order valence-corrected chi connectivity index (χ4v) is 2.59. The van der Waals surface area contributed by atoms with Crippen LogP contribution in [0.1, 0.15) is 28.8 Å². The maximum absolute atomic E-state index is 12.5. The van der Waals surface area contributed by atoms with Crippen LogP contribution in [0, 0.1) is 6.92 Å². The molecule has 1 aliphatic rings. The molecule has 2 N–H and O–H groups in total. The molecule has 0 saturated carbocycles. The first-order valence-electron chi connectivity index (χ1n) is 6.38. The van der Waals surface area contributed by atoms with Gasteiger partial charge in [-0.1, -0.05) is 0 Å². The van der Waals surface area contributed by atoms with Crippen molar-refractivity contribution in [3.63, 3.8) is 0 Å². The molecule has 1 saturated heterocycles. The number of hydrogen-bond donors (Lipinski definition) is 2. The number of carbonyl (C=O) groups excluding carboxylic acids is 1. The largest absolute Gasteiger partial charge is 0.508 e. The molecule has 0 bridgehead atoms. The van der Waals surface area contributed by atoms with Crippen molar-refractivity contribution in [1.82, 2.24) is 10.2 Å². The number of nitrogens with zero attached hydrogens (tertiary/aromatic N) is 1. The fraction of sp³-hybridized carbons (Fsp3) is 0.500. The van der Waals surface area contributed by atoms with Gasteiger partial charge >= 0.3 is 0 Å². The first kappa shape index (κ1) is 12.9. The molecule has 1 heterocycles. The van der Waals surface area contributed by atoms with Gasteiger partial charge in [-0.25, -0.2) is 0 Å². The van der Waals surface area contributed by atoms with Gasteiger partial charge in [-0.05, 0) is 50.6 Å². The van der Waals surface area contributed by atoms with E-state index in [1.165, 1.54) is 0 Å². The van der Waals surface area contributed by atoms with Crippen LogP contribution in [0.2, 0.25) is 0 Å². The van der Waals surface area contributed by atoms with Gasteiger partial charge < -0.3 is 15.3 Å². The molecule has 1 atom stereocenters. The molecule has 2 rings (SSSR count). The SMILES string of the molecule is CNCC1CCCN1C(=O)c1ccc(O)cc1C. The van der Waals surface area contributed by atoms with E-state index in [-0.39, 0.29) is 17.7 Å². The molecule has 1 aromatic carbocycles. The zero-order chi connectivity index (χ0) is 13.1. The summed E-state index contributed by atoms with van der Waals surface area (Å²) in [6.45, 7) is 3.52. The number of phenolic OH excluding ortho intramolecular Hbond substituents is 1. The third-order valence-electron chi connectivity index (χ3n) is 3.52. The van der Waals surface area contributed by atoms with Crippen LogP contribution in [0.5, 0.6) is 5.75 Å². The lowest BCUT2D eigenvalue weighted by Crippen LogP contribution is -2.41. The summed E-state index contributed by atoms with van der Waals surface area (Å²) in [5, 5.41) is 12.5. The van der Waals surface area contributed by atoms with Gasteiger partial charge in [-0.15, -0.1) is 0 Å². The molecule has 0 spiro atoms. The quantitative estimate of drug-likeness (QED) is 0.853. The second-order valence-corrected chi connectivity index (χ2v) is 4.85. The number of carbonyl (C=O) groups is 1. The molecular formula is C14H20N2O2. The average molecular weight is 248 g/mol. The third-order valence-corrected chi connectivity index (χ3v) is 3.52. The summed E-state index contributed by atoms with van der Waals surface area (Å²) in [5.41, 5.74) is 1.52. The van der Waals surface area contributed by atoms with E-state index in [1.807, 2.05) is 18.9 Å². The van der Waals surface area contributed by atoms with E-state index < -0.39 is 0 Å². The number of phenols is 1. The van der Waals surface area contributed by atoms with E-state index in [0.29, 0.717) is 5.56 Å². The minimum absolute atomic E-state index is 0.0743. The maximum atomic E-state index is 12.5. The minimum Gasteiger partial charge on any atom is -0.508 e. The predicted octanol–water partition coefficient (Wildman–Crippen LogP) is 1.52. The number of hydrogen-bond acceptors (Lipinski definition) is 3. The Hall–Kier alpha value is -1.55. The van der Waals surface area contributed by atoms with Crippen LogP contribution >= 0.6 is 0 Å². The van der Waals surface area contributed by atoms with E-state index in [9.17, 15) is 9.90 Å². The Balaban J connectivity index is 2.20. The molecule has 4 heteroatoms. The number of likely N-dealkylation sites (tertiary alicyclic amines) is 1. The normalized spacial score (nSPS) is 19.2. The molecule has 1 aromatic rings. The Morgan fingerprint density at radius 1 is 1.56 bits per heavy atom. The molecule has 98 valence electrons. The van der Waals surface area contributed by atoms with E-state index in [0.717, 1.165) is 31.5 Å². The molecule has 0 radical (unpaired) electrons. The number of aromatic hydroxyl groups is 1. The van der Waals surface area contributed by atoms with Crippen molar-refractivity contribution in [3.8, 4) is 5.75 Å². The Morgan fingerprint density at radius 2 is 2.33 bits per heavy atom. The second-order valence-electron chi connectivity index (χ2n) is 4.85. The number of likely N-dealkylation sites (N-methyl/N-ethyl adjacent to an activating group) is 1. The van der Waals surface area contributed by atoms with Gasteiger partial charge in [0.2, 0.25) is 0 Å². The molecule has 1 fully saturated rings. The maximum Gasteiger partial charge on any atom is 0.254 e. The number of benzene rings is 1. The summed E-state index contributed by atoms with van der Waals surface area (Å²) in [6, 6.07) is 5.21. The van der Waals surface area contributed by atoms with Crippen molar-refractivity contribution in [2.24, 2.45) is 0 Å². The highest BCUT2D eigenvalue weighted by Crippen LogP contribution is 2.23. The highest BCUT2D eigenvalue weighted by atomic mass is 16.3. The lowest BCUT2D eigenvalue weighted by Gasteiger charge is -2.25. The standard InChI is InChI=1S/C14H20N2O2/c1-10-8-12(17)5-6-13(10)14(18)16-7-3-4-11(16)9-15-2/h5-6,8,11,15,17H,3-4,7,9H2,1-2H3. The smallest absolute Gasteiger partial charge is 0.254 e. The van der Waals surface area contributed by atoms with E-state index in [2.05, 4.69) is 5.32 Å². The molecule has 0 aliphatic carbocycles. The van der Waals surface area contributed by atoms with Crippen molar-refractivity contribution >= 4 is 5.91 Å². The van der Waals surface area contributed by atoms with Gasteiger partial charge in [0.1, 0.15) is 5.75 Å². The topological polar surface area (TPSA) is 52.6 Å². The molecule has 1 amide bonds. The van der Waals surface area contributed by atoms with Crippen LogP contribution in [0.4, 0.5) is 0 Å². The van der Waals surface area contributed by atoms with E-state index >= 15 is 0 Å². The van der Waals surface area contributed by atoms with Gasteiger partial charge in [0.25, 0.3) is 5.91 Å². The number of rotatable bonds is 3. The first-order valence-corrected chi connectivity index (χ1v) is 6.38. The number of aryl methyl sites for hydroxylation is 1. The van der Waals surface area contributed by atoms with Gasteiger partial charge in [0, 0.05) is 24.7 Å². The summed E-state index contributed by atoms with van der Waals surface area (Å²) >= 11 is 0. The van der Waals surface area contributed by atoms with E-state index in [1.54, 1.807) is 18.2 Å². The van der Waals surface area contributed by atoms with Gasteiger partial charge in [-0.3, -0.25) is 4.79 Å². The average Bonchev–Trinajstić information content (AvgIpc) is 2.77. The van der Waals surface area contributed by atoms with Crippen LogP contribution in [-0.4, -0.2) is 42.1 Å². The van der Waals surface area contributed by atoms with E-state index in [4.69, 9.17) is 0 Å². The van der Waals surface area contributed by atoms with Gasteiger partial charge in [0.05, 0.1) is 0 Å². The van der Waals surface area contributed by atoms with Crippen LogP contribution in [0.15, 0.2) is 18.2 Å².